The van der Waals surface area contributed by atoms with Gasteiger partial charge in [-0.15, -0.1) is 0 Å². The summed E-state index contributed by atoms with van der Waals surface area (Å²) in [6, 6.07) is 0. The first-order valence-electron chi connectivity index (χ1n) is 3.06. The van der Waals surface area contributed by atoms with E-state index in [2.05, 4.69) is 27.7 Å². The van der Waals surface area contributed by atoms with Gasteiger partial charge < -0.3 is 0 Å². The van der Waals surface area contributed by atoms with Crippen molar-refractivity contribution >= 4 is 0 Å². The SMILES string of the molecule is C[CH2][Hg][C](C)(C)C. The molecule has 0 heterocycles. The van der Waals surface area contributed by atoms with Crippen LogP contribution in [-0.4, -0.2) is 0 Å². The van der Waals surface area contributed by atoms with Gasteiger partial charge in [0.1, 0.15) is 0 Å². The van der Waals surface area contributed by atoms with E-state index in [1.165, 1.54) is 3.93 Å². The molecule has 0 saturated carbocycles. The van der Waals surface area contributed by atoms with Crippen LogP contribution < -0.4 is 0 Å². The maximum absolute atomic E-state index is 2.37. The van der Waals surface area contributed by atoms with E-state index in [1.54, 1.807) is 0 Å². The summed E-state index contributed by atoms with van der Waals surface area (Å²) >= 11 is -0.388. The number of hydrogen-bond donors (Lipinski definition) is 0. The molecule has 0 bridgehead atoms. The number of rotatable bonds is 1. The first-order valence-corrected chi connectivity index (χ1v) is 9.70. The van der Waals surface area contributed by atoms with Crippen LogP contribution in [0.1, 0.15) is 27.7 Å². The zero-order chi connectivity index (χ0) is 5.91. The van der Waals surface area contributed by atoms with Gasteiger partial charge in [-0.2, -0.15) is 0 Å². The second-order valence-electron chi connectivity index (χ2n) is 3.31. The predicted molar refractivity (Wildman–Crippen MR) is 30.2 cm³/mol. The summed E-state index contributed by atoms with van der Waals surface area (Å²) in [5.74, 6) is 0. The molecule has 0 aliphatic rings. The zero-order valence-electron chi connectivity index (χ0n) is 5.91. The van der Waals surface area contributed by atoms with Crippen molar-refractivity contribution in [3.63, 3.8) is 0 Å². The minimum absolute atomic E-state index is 0.388. The fourth-order valence-corrected chi connectivity index (χ4v) is 6.58. The molecule has 0 aromatic rings. The van der Waals surface area contributed by atoms with E-state index < -0.39 is 0 Å². The standard InChI is InChI=1S/C4H9.C2H5.Hg/c1-4(2)3;1-2;/h1-3H3;1H2,2H3;. The van der Waals surface area contributed by atoms with Crippen LogP contribution in [0.25, 0.3) is 0 Å². The monoisotopic (exact) mass is 288 g/mol. The number of hydrogen-bond acceptors (Lipinski definition) is 0. The molecule has 1 heteroatoms. The Bertz CT molecular complexity index is 42.6. The van der Waals surface area contributed by atoms with Crippen LogP contribution in [0.4, 0.5) is 0 Å². The van der Waals surface area contributed by atoms with Gasteiger partial charge in [0.2, 0.25) is 0 Å². The van der Waals surface area contributed by atoms with Gasteiger partial charge >= 0.3 is 59.1 Å². The Morgan fingerprint density at radius 3 is 1.71 bits per heavy atom. The van der Waals surface area contributed by atoms with E-state index in [-0.39, 0.29) is 24.6 Å². The van der Waals surface area contributed by atoms with Gasteiger partial charge in [0.15, 0.2) is 0 Å². The Labute approximate surface area is 59.1 Å². The fourth-order valence-electron chi connectivity index (χ4n) is 0.750. The Balaban J connectivity index is 3.15. The second-order valence-corrected chi connectivity index (χ2v) is 17.4. The van der Waals surface area contributed by atoms with E-state index in [0.29, 0.717) is 0 Å². The Kier molecular flexibility index (Phi) is 3.47. The third-order valence-electron chi connectivity index (χ3n) is 1.000. The summed E-state index contributed by atoms with van der Waals surface area (Å²) in [7, 11) is 0. The molecule has 0 rings (SSSR count). The van der Waals surface area contributed by atoms with E-state index in [9.17, 15) is 0 Å². The molecule has 0 amide bonds. The van der Waals surface area contributed by atoms with Crippen LogP contribution in [-0.2, 0) is 24.6 Å². The van der Waals surface area contributed by atoms with Gasteiger partial charge in [-0.3, -0.25) is 0 Å². The van der Waals surface area contributed by atoms with Crippen molar-refractivity contribution in [2.24, 2.45) is 0 Å². The van der Waals surface area contributed by atoms with Crippen molar-refractivity contribution in [3.05, 3.63) is 0 Å². The molecule has 0 N–H and O–H groups in total. The molecular formula is C6H14Hg. The Morgan fingerprint density at radius 2 is 1.71 bits per heavy atom. The van der Waals surface area contributed by atoms with Crippen LogP contribution in [0.3, 0.4) is 0 Å². The topological polar surface area (TPSA) is 0 Å². The van der Waals surface area contributed by atoms with Crippen LogP contribution in [0.15, 0.2) is 0 Å². The molecule has 0 radical (unpaired) electrons. The summed E-state index contributed by atoms with van der Waals surface area (Å²) in [5.41, 5.74) is 0. The van der Waals surface area contributed by atoms with Crippen LogP contribution in [0.2, 0.25) is 6.85 Å². The molecule has 0 atom stereocenters. The van der Waals surface area contributed by atoms with Crippen molar-refractivity contribution in [1.29, 1.82) is 0 Å². The molecule has 0 saturated heterocycles. The van der Waals surface area contributed by atoms with Crippen LogP contribution in [0.5, 0.6) is 0 Å². The van der Waals surface area contributed by atoms with Crippen molar-refractivity contribution in [2.45, 2.75) is 34.5 Å². The molecule has 0 aliphatic carbocycles. The Morgan fingerprint density at radius 1 is 1.29 bits per heavy atom. The van der Waals surface area contributed by atoms with Crippen molar-refractivity contribution in [2.75, 3.05) is 0 Å². The normalized spacial score (nSPS) is 10.9. The predicted octanol–water partition coefficient (Wildman–Crippen LogP) is 2.73. The van der Waals surface area contributed by atoms with Crippen molar-refractivity contribution < 1.29 is 24.6 Å². The molecule has 0 aliphatic heterocycles. The average molecular weight is 287 g/mol. The van der Waals surface area contributed by atoms with Gasteiger partial charge in [-0.1, -0.05) is 0 Å². The summed E-state index contributed by atoms with van der Waals surface area (Å²) in [6.07, 6.45) is 0. The van der Waals surface area contributed by atoms with Gasteiger partial charge in [-0.05, 0) is 0 Å². The molecule has 0 aromatic carbocycles. The molecule has 0 nitrogen and oxygen atoms in total. The quantitative estimate of drug-likeness (QED) is 0.650. The van der Waals surface area contributed by atoms with Gasteiger partial charge in [-0.25, -0.2) is 0 Å². The van der Waals surface area contributed by atoms with Gasteiger partial charge in [0.05, 0.1) is 0 Å². The van der Waals surface area contributed by atoms with Gasteiger partial charge in [0.25, 0.3) is 0 Å². The third kappa shape index (κ3) is 6.94. The summed E-state index contributed by atoms with van der Waals surface area (Å²) in [5, 5.41) is 0. The maximum atomic E-state index is 2.37. The average Bonchev–Trinajstić information content (AvgIpc) is 1.30. The van der Waals surface area contributed by atoms with E-state index in [0.717, 1.165) is 2.92 Å². The van der Waals surface area contributed by atoms with E-state index in [4.69, 9.17) is 0 Å². The first kappa shape index (κ1) is 7.94. The van der Waals surface area contributed by atoms with E-state index >= 15 is 0 Å². The first-order chi connectivity index (χ1) is 3.06. The minimum atomic E-state index is -0.388. The fraction of sp³-hybridized carbons (Fsp3) is 1.00. The summed E-state index contributed by atoms with van der Waals surface area (Å²) in [6.45, 7) is 9.45. The molecule has 40 valence electrons. The van der Waals surface area contributed by atoms with Gasteiger partial charge in [0, 0.05) is 0 Å². The molecule has 7 heavy (non-hydrogen) atoms. The summed E-state index contributed by atoms with van der Waals surface area (Å²) < 4.78 is 2.30. The Hall–Kier alpha value is 0.935. The van der Waals surface area contributed by atoms with E-state index in [1.807, 2.05) is 0 Å². The molecular weight excluding hydrogens is 273 g/mol. The molecule has 0 spiro atoms. The third-order valence-corrected chi connectivity index (χ3v) is 8.77. The zero-order valence-corrected chi connectivity index (χ0v) is 11.4. The molecule has 0 unspecified atom stereocenters. The summed E-state index contributed by atoms with van der Waals surface area (Å²) in [4.78, 5) is 0. The second kappa shape index (κ2) is 3.06. The van der Waals surface area contributed by atoms with Crippen LogP contribution >= 0.6 is 0 Å². The molecule has 0 fully saturated rings. The molecule has 0 aromatic heterocycles. The van der Waals surface area contributed by atoms with Crippen molar-refractivity contribution in [3.8, 4) is 0 Å². The van der Waals surface area contributed by atoms with Crippen molar-refractivity contribution in [1.82, 2.24) is 0 Å². The van der Waals surface area contributed by atoms with Crippen LogP contribution in [0, 0.1) is 0 Å².